The zero-order chi connectivity index (χ0) is 20.6. The van der Waals surface area contributed by atoms with Crippen molar-refractivity contribution < 1.29 is 22.7 Å². The topological polar surface area (TPSA) is 97.3 Å². The molecule has 0 fully saturated rings. The fourth-order valence-corrected chi connectivity index (χ4v) is 3.37. The molecule has 0 aliphatic carbocycles. The van der Waals surface area contributed by atoms with Crippen LogP contribution < -0.4 is 14.9 Å². The van der Waals surface area contributed by atoms with E-state index in [1.165, 1.54) is 32.5 Å². The van der Waals surface area contributed by atoms with Crippen molar-refractivity contribution >= 4 is 22.1 Å². The van der Waals surface area contributed by atoms with Crippen molar-refractivity contribution in [1.29, 1.82) is 0 Å². The normalized spacial score (nSPS) is 11.6. The highest BCUT2D eigenvalue weighted by atomic mass is 32.2. The van der Waals surface area contributed by atoms with Gasteiger partial charge in [0.15, 0.2) is 0 Å². The maximum Gasteiger partial charge on any atom is 0.255 e. The molecular formula is C19H23N3O5S. The third-order valence-corrected chi connectivity index (χ3v) is 5.55. The van der Waals surface area contributed by atoms with Gasteiger partial charge < -0.3 is 9.47 Å². The van der Waals surface area contributed by atoms with Gasteiger partial charge in [0, 0.05) is 7.05 Å². The number of hydrogen-bond donors (Lipinski definition) is 1. The SMILES string of the molecule is CCOc1ccc(/C=N\NC(=O)CN(C)S(=O)(=O)c2ccc(OC)cc2)cc1. The van der Waals surface area contributed by atoms with Crippen LogP contribution in [-0.4, -0.2) is 52.2 Å². The molecule has 0 saturated heterocycles. The van der Waals surface area contributed by atoms with Crippen LogP contribution in [-0.2, 0) is 14.8 Å². The molecule has 0 bridgehead atoms. The van der Waals surface area contributed by atoms with E-state index >= 15 is 0 Å². The number of hydrogen-bond acceptors (Lipinski definition) is 6. The first-order valence-electron chi connectivity index (χ1n) is 8.52. The summed E-state index contributed by atoms with van der Waals surface area (Å²) in [5, 5.41) is 3.84. The lowest BCUT2D eigenvalue weighted by molar-refractivity contribution is -0.121. The van der Waals surface area contributed by atoms with Crippen molar-refractivity contribution in [1.82, 2.24) is 9.73 Å². The number of likely N-dealkylation sites (N-methyl/N-ethyl adjacent to an activating group) is 1. The largest absolute Gasteiger partial charge is 0.497 e. The molecule has 28 heavy (non-hydrogen) atoms. The summed E-state index contributed by atoms with van der Waals surface area (Å²) < 4.78 is 36.3. The molecule has 0 aliphatic rings. The van der Waals surface area contributed by atoms with Crippen LogP contribution in [0, 0.1) is 0 Å². The smallest absolute Gasteiger partial charge is 0.255 e. The summed E-state index contributed by atoms with van der Waals surface area (Å²) in [5.74, 6) is 0.735. The Hall–Kier alpha value is -2.91. The summed E-state index contributed by atoms with van der Waals surface area (Å²) in [6, 6.07) is 13.1. The molecule has 2 aromatic rings. The van der Waals surface area contributed by atoms with Crippen LogP contribution >= 0.6 is 0 Å². The first-order valence-corrected chi connectivity index (χ1v) is 9.96. The minimum Gasteiger partial charge on any atom is -0.497 e. The standard InChI is InChI=1S/C19H23N3O5S/c1-4-27-17-7-5-15(6-8-17)13-20-21-19(23)14-22(2)28(24,25)18-11-9-16(26-3)10-12-18/h5-13H,4,14H2,1-3H3,(H,21,23)/b20-13-. The molecule has 2 rings (SSSR count). The number of rotatable bonds is 9. The van der Waals surface area contributed by atoms with Crippen LogP contribution in [0.3, 0.4) is 0 Å². The highest BCUT2D eigenvalue weighted by molar-refractivity contribution is 7.89. The van der Waals surface area contributed by atoms with Gasteiger partial charge in [0.1, 0.15) is 11.5 Å². The molecule has 0 unspecified atom stereocenters. The molecule has 1 N–H and O–H groups in total. The van der Waals surface area contributed by atoms with Crippen LogP contribution in [0.1, 0.15) is 12.5 Å². The van der Waals surface area contributed by atoms with Gasteiger partial charge in [0.05, 0.1) is 31.4 Å². The average Bonchev–Trinajstić information content (AvgIpc) is 2.69. The second-order valence-electron chi connectivity index (χ2n) is 5.73. The van der Waals surface area contributed by atoms with E-state index in [2.05, 4.69) is 10.5 Å². The summed E-state index contributed by atoms with van der Waals surface area (Å²) in [4.78, 5) is 12.1. The minimum atomic E-state index is -3.80. The lowest BCUT2D eigenvalue weighted by Crippen LogP contribution is -2.36. The molecule has 0 spiro atoms. The molecule has 8 nitrogen and oxygen atoms in total. The van der Waals surface area contributed by atoms with Gasteiger partial charge in [-0.25, -0.2) is 13.8 Å². The quantitative estimate of drug-likeness (QED) is 0.507. The highest BCUT2D eigenvalue weighted by Crippen LogP contribution is 2.18. The third kappa shape index (κ3) is 5.80. The Kier molecular flexibility index (Phi) is 7.53. The van der Waals surface area contributed by atoms with Crippen molar-refractivity contribution in [3.8, 4) is 11.5 Å². The van der Waals surface area contributed by atoms with Gasteiger partial charge in [-0.2, -0.15) is 9.41 Å². The van der Waals surface area contributed by atoms with Gasteiger partial charge in [0.25, 0.3) is 5.91 Å². The summed E-state index contributed by atoms with van der Waals surface area (Å²) in [5.41, 5.74) is 3.08. The van der Waals surface area contributed by atoms with E-state index in [-0.39, 0.29) is 11.4 Å². The van der Waals surface area contributed by atoms with Gasteiger partial charge in [-0.3, -0.25) is 4.79 Å². The summed E-state index contributed by atoms with van der Waals surface area (Å²) in [6.07, 6.45) is 1.46. The first-order chi connectivity index (χ1) is 13.4. The second kappa shape index (κ2) is 9.86. The molecule has 9 heteroatoms. The van der Waals surface area contributed by atoms with Gasteiger partial charge in [-0.15, -0.1) is 0 Å². The molecule has 1 amide bonds. The number of hydrazone groups is 1. The number of amides is 1. The van der Waals surface area contributed by atoms with E-state index in [4.69, 9.17) is 9.47 Å². The Morgan fingerprint density at radius 2 is 1.71 bits per heavy atom. The number of sulfonamides is 1. The monoisotopic (exact) mass is 405 g/mol. The summed E-state index contributed by atoms with van der Waals surface area (Å²) in [6.45, 7) is 2.11. The molecule has 0 heterocycles. The third-order valence-electron chi connectivity index (χ3n) is 3.73. The number of carbonyl (C=O) groups excluding carboxylic acids is 1. The molecule has 2 aromatic carbocycles. The van der Waals surface area contributed by atoms with Gasteiger partial charge >= 0.3 is 0 Å². The van der Waals surface area contributed by atoms with Crippen LogP contribution in [0.4, 0.5) is 0 Å². The Balaban J connectivity index is 1.92. The molecular weight excluding hydrogens is 382 g/mol. The van der Waals surface area contributed by atoms with E-state index in [0.29, 0.717) is 12.4 Å². The predicted octanol–water partition coefficient (Wildman–Crippen LogP) is 1.86. The number of methoxy groups -OCH3 is 1. The number of nitrogens with zero attached hydrogens (tertiary/aromatic N) is 2. The van der Waals surface area contributed by atoms with E-state index in [9.17, 15) is 13.2 Å². The average molecular weight is 405 g/mol. The van der Waals surface area contributed by atoms with Gasteiger partial charge in [0.2, 0.25) is 10.0 Å². The number of nitrogens with one attached hydrogen (secondary N) is 1. The molecule has 150 valence electrons. The van der Waals surface area contributed by atoms with E-state index in [0.717, 1.165) is 15.6 Å². The maximum atomic E-state index is 12.5. The Labute approximate surface area is 164 Å². The van der Waals surface area contributed by atoms with Crippen molar-refractivity contribution in [2.24, 2.45) is 5.10 Å². The number of benzene rings is 2. The first kappa shape index (κ1) is 21.4. The molecule has 0 radical (unpaired) electrons. The molecule has 0 aliphatic heterocycles. The summed E-state index contributed by atoms with van der Waals surface area (Å²) in [7, 11) is -0.973. The second-order valence-corrected chi connectivity index (χ2v) is 7.78. The number of ether oxygens (including phenoxy) is 2. The van der Waals surface area contributed by atoms with Crippen molar-refractivity contribution in [2.45, 2.75) is 11.8 Å². The molecule has 0 aromatic heterocycles. The minimum absolute atomic E-state index is 0.0708. The lowest BCUT2D eigenvalue weighted by atomic mass is 10.2. The van der Waals surface area contributed by atoms with Crippen LogP contribution in [0.5, 0.6) is 11.5 Å². The fraction of sp³-hybridized carbons (Fsp3) is 0.263. The van der Waals surface area contributed by atoms with E-state index in [1.54, 1.807) is 36.4 Å². The zero-order valence-corrected chi connectivity index (χ0v) is 16.8. The van der Waals surface area contributed by atoms with Crippen LogP contribution in [0.15, 0.2) is 58.5 Å². The van der Waals surface area contributed by atoms with Crippen molar-refractivity contribution in [3.05, 3.63) is 54.1 Å². The maximum absolute atomic E-state index is 12.5. The van der Waals surface area contributed by atoms with Gasteiger partial charge in [-0.05, 0) is 61.0 Å². The van der Waals surface area contributed by atoms with E-state index < -0.39 is 15.9 Å². The van der Waals surface area contributed by atoms with E-state index in [1.807, 2.05) is 6.92 Å². The zero-order valence-electron chi connectivity index (χ0n) is 16.0. The molecule has 0 saturated carbocycles. The van der Waals surface area contributed by atoms with Crippen LogP contribution in [0.25, 0.3) is 0 Å². The predicted molar refractivity (Wildman–Crippen MR) is 106 cm³/mol. The van der Waals surface area contributed by atoms with Crippen LogP contribution in [0.2, 0.25) is 0 Å². The lowest BCUT2D eigenvalue weighted by Gasteiger charge is -2.16. The van der Waals surface area contributed by atoms with Crippen molar-refractivity contribution in [2.75, 3.05) is 27.3 Å². The fourth-order valence-electron chi connectivity index (χ4n) is 2.25. The highest BCUT2D eigenvalue weighted by Gasteiger charge is 2.22. The molecule has 0 atom stereocenters. The Morgan fingerprint density at radius 1 is 1.11 bits per heavy atom. The van der Waals surface area contributed by atoms with Gasteiger partial charge in [-0.1, -0.05) is 0 Å². The number of carbonyl (C=O) groups is 1. The Morgan fingerprint density at radius 3 is 2.29 bits per heavy atom. The van der Waals surface area contributed by atoms with Crippen molar-refractivity contribution in [3.63, 3.8) is 0 Å². The summed E-state index contributed by atoms with van der Waals surface area (Å²) >= 11 is 0. The Bertz CT molecular complexity index is 910.